The summed E-state index contributed by atoms with van der Waals surface area (Å²) < 4.78 is 5.55. The number of carbonyl (C=O) groups is 2. The van der Waals surface area contributed by atoms with Gasteiger partial charge in [-0.1, -0.05) is 24.3 Å². The molecule has 31 heavy (non-hydrogen) atoms. The number of hydrogen-bond acceptors (Lipinski definition) is 5. The Morgan fingerprint density at radius 2 is 1.87 bits per heavy atom. The lowest BCUT2D eigenvalue weighted by molar-refractivity contribution is 0.0259. The molecule has 3 heterocycles. The molecule has 4 atom stereocenters. The maximum Gasteiger partial charge on any atom is 0.254 e. The number of aliphatic hydroxyl groups is 1. The van der Waals surface area contributed by atoms with Crippen molar-refractivity contribution in [2.75, 3.05) is 19.7 Å². The van der Waals surface area contributed by atoms with E-state index in [1.807, 2.05) is 17.0 Å². The molecular formula is C24H27N3O4. The minimum atomic E-state index is -0.689. The molecule has 7 nitrogen and oxygen atoms in total. The van der Waals surface area contributed by atoms with Crippen LogP contribution in [0.2, 0.25) is 0 Å². The highest BCUT2D eigenvalue weighted by atomic mass is 16.5. The summed E-state index contributed by atoms with van der Waals surface area (Å²) in [6.45, 7) is 2.13. The number of morpholine rings is 1. The summed E-state index contributed by atoms with van der Waals surface area (Å²) in [5.41, 5.74) is 3.53. The largest absolute Gasteiger partial charge is 0.390 e. The highest BCUT2D eigenvalue weighted by Gasteiger charge is 2.41. The molecule has 3 N–H and O–H groups in total. The Labute approximate surface area is 181 Å². The molecule has 2 amide bonds. The first-order valence-corrected chi connectivity index (χ1v) is 10.9. The summed E-state index contributed by atoms with van der Waals surface area (Å²) in [6, 6.07) is 15.0. The Morgan fingerprint density at radius 3 is 2.58 bits per heavy atom. The van der Waals surface area contributed by atoms with Crippen molar-refractivity contribution < 1.29 is 19.4 Å². The molecule has 0 radical (unpaired) electrons. The number of amides is 2. The predicted octanol–water partition coefficient (Wildman–Crippen LogP) is 1.11. The summed E-state index contributed by atoms with van der Waals surface area (Å²) in [4.78, 5) is 27.1. The third-order valence-electron chi connectivity index (χ3n) is 6.60. The number of nitrogens with zero attached hydrogens (tertiary/aromatic N) is 1. The van der Waals surface area contributed by atoms with Crippen LogP contribution in [0.5, 0.6) is 0 Å². The number of carbonyl (C=O) groups excluding carboxylic acids is 2. The number of aliphatic hydroxyl groups excluding tert-OH is 1. The van der Waals surface area contributed by atoms with E-state index >= 15 is 0 Å². The summed E-state index contributed by atoms with van der Waals surface area (Å²) in [7, 11) is 0. The number of benzene rings is 2. The van der Waals surface area contributed by atoms with Gasteiger partial charge in [-0.05, 0) is 48.2 Å². The summed E-state index contributed by atoms with van der Waals surface area (Å²) in [5, 5.41) is 16.7. The normalized spacial score (nSPS) is 25.2. The third-order valence-corrected chi connectivity index (χ3v) is 6.60. The van der Waals surface area contributed by atoms with E-state index in [4.69, 9.17) is 4.74 Å². The lowest BCUT2D eigenvalue weighted by Gasteiger charge is -2.30. The molecule has 2 saturated heterocycles. The smallest absolute Gasteiger partial charge is 0.254 e. The van der Waals surface area contributed by atoms with Crippen LogP contribution in [-0.4, -0.2) is 65.8 Å². The SMILES string of the molecule is O=C(NCC(O)C1Cc2ccccc2CN1)c1ccc(C(=O)N2CC3CC2CO3)cc1. The lowest BCUT2D eigenvalue weighted by atomic mass is 9.93. The number of fused-ring (bicyclic) bond motifs is 3. The van der Waals surface area contributed by atoms with E-state index in [1.54, 1.807) is 24.3 Å². The van der Waals surface area contributed by atoms with E-state index in [2.05, 4.69) is 22.8 Å². The van der Waals surface area contributed by atoms with Crippen molar-refractivity contribution in [2.24, 2.45) is 0 Å². The lowest BCUT2D eigenvalue weighted by Crippen LogP contribution is -2.49. The van der Waals surface area contributed by atoms with E-state index in [9.17, 15) is 14.7 Å². The molecule has 3 aliphatic heterocycles. The fourth-order valence-corrected chi connectivity index (χ4v) is 4.77. The molecule has 3 aliphatic rings. The van der Waals surface area contributed by atoms with Gasteiger partial charge in [-0.2, -0.15) is 0 Å². The van der Waals surface area contributed by atoms with Gasteiger partial charge in [0, 0.05) is 36.8 Å². The van der Waals surface area contributed by atoms with Crippen molar-refractivity contribution in [1.29, 1.82) is 0 Å². The minimum Gasteiger partial charge on any atom is -0.390 e. The van der Waals surface area contributed by atoms with Crippen LogP contribution in [0.15, 0.2) is 48.5 Å². The van der Waals surface area contributed by atoms with Gasteiger partial charge in [-0.15, -0.1) is 0 Å². The number of hydrogen-bond donors (Lipinski definition) is 3. The van der Waals surface area contributed by atoms with E-state index in [0.717, 1.165) is 12.8 Å². The molecule has 0 spiro atoms. The number of rotatable bonds is 5. The second-order valence-electron chi connectivity index (χ2n) is 8.62. The van der Waals surface area contributed by atoms with Gasteiger partial charge in [0.2, 0.25) is 0 Å². The molecule has 2 aromatic rings. The van der Waals surface area contributed by atoms with Gasteiger partial charge in [0.1, 0.15) is 0 Å². The number of nitrogens with one attached hydrogen (secondary N) is 2. The molecule has 2 aromatic carbocycles. The number of likely N-dealkylation sites (tertiary alicyclic amines) is 1. The quantitative estimate of drug-likeness (QED) is 0.673. The second-order valence-corrected chi connectivity index (χ2v) is 8.62. The number of ether oxygens (including phenoxy) is 1. The second kappa shape index (κ2) is 8.42. The molecule has 7 heteroatoms. The highest BCUT2D eigenvalue weighted by molar-refractivity contribution is 5.98. The van der Waals surface area contributed by atoms with Gasteiger partial charge < -0.3 is 25.4 Å². The molecular weight excluding hydrogens is 394 g/mol. The van der Waals surface area contributed by atoms with Gasteiger partial charge in [0.05, 0.1) is 24.9 Å². The van der Waals surface area contributed by atoms with Crippen molar-refractivity contribution >= 4 is 11.8 Å². The first-order chi connectivity index (χ1) is 15.1. The average Bonchev–Trinajstić information content (AvgIpc) is 3.45. The van der Waals surface area contributed by atoms with E-state index in [-0.39, 0.29) is 36.5 Å². The van der Waals surface area contributed by atoms with Gasteiger partial charge in [0.25, 0.3) is 11.8 Å². The molecule has 0 saturated carbocycles. The molecule has 162 valence electrons. The van der Waals surface area contributed by atoms with Crippen LogP contribution in [0.1, 0.15) is 38.3 Å². The Balaban J connectivity index is 1.14. The third kappa shape index (κ3) is 4.08. The van der Waals surface area contributed by atoms with Crippen LogP contribution in [0.3, 0.4) is 0 Å². The van der Waals surface area contributed by atoms with Crippen LogP contribution >= 0.6 is 0 Å². The fraction of sp³-hybridized carbons (Fsp3) is 0.417. The van der Waals surface area contributed by atoms with Gasteiger partial charge in [0.15, 0.2) is 0 Å². The van der Waals surface area contributed by atoms with E-state index in [1.165, 1.54) is 11.1 Å². The zero-order valence-electron chi connectivity index (χ0n) is 17.3. The van der Waals surface area contributed by atoms with Crippen LogP contribution < -0.4 is 10.6 Å². The fourth-order valence-electron chi connectivity index (χ4n) is 4.77. The summed E-state index contributed by atoms with van der Waals surface area (Å²) in [5.74, 6) is -0.273. The van der Waals surface area contributed by atoms with Crippen LogP contribution in [0.4, 0.5) is 0 Å². The monoisotopic (exact) mass is 421 g/mol. The average molecular weight is 421 g/mol. The molecule has 4 unspecified atom stereocenters. The molecule has 0 aliphatic carbocycles. The van der Waals surface area contributed by atoms with Crippen molar-refractivity contribution in [3.63, 3.8) is 0 Å². The van der Waals surface area contributed by atoms with Gasteiger partial charge in [-0.25, -0.2) is 0 Å². The Morgan fingerprint density at radius 1 is 1.13 bits per heavy atom. The molecule has 2 fully saturated rings. The Kier molecular flexibility index (Phi) is 5.48. The predicted molar refractivity (Wildman–Crippen MR) is 115 cm³/mol. The topological polar surface area (TPSA) is 90.9 Å². The zero-order valence-corrected chi connectivity index (χ0v) is 17.3. The minimum absolute atomic E-state index is 0.0122. The maximum absolute atomic E-state index is 12.7. The Hall–Kier alpha value is -2.74. The van der Waals surface area contributed by atoms with E-state index in [0.29, 0.717) is 30.8 Å². The first-order valence-electron chi connectivity index (χ1n) is 10.9. The molecule has 0 aromatic heterocycles. The maximum atomic E-state index is 12.7. The molecule has 5 rings (SSSR count). The summed E-state index contributed by atoms with van der Waals surface area (Å²) in [6.07, 6.45) is 1.12. The first kappa shape index (κ1) is 20.2. The van der Waals surface area contributed by atoms with Crippen molar-refractivity contribution in [3.05, 3.63) is 70.8 Å². The van der Waals surface area contributed by atoms with Gasteiger partial charge in [-0.3, -0.25) is 9.59 Å². The van der Waals surface area contributed by atoms with E-state index < -0.39 is 6.10 Å². The van der Waals surface area contributed by atoms with Crippen LogP contribution in [-0.2, 0) is 17.7 Å². The molecule has 2 bridgehead atoms. The van der Waals surface area contributed by atoms with Crippen LogP contribution in [0, 0.1) is 0 Å². The zero-order chi connectivity index (χ0) is 21.4. The van der Waals surface area contributed by atoms with Gasteiger partial charge >= 0.3 is 0 Å². The van der Waals surface area contributed by atoms with Crippen LogP contribution in [0.25, 0.3) is 0 Å². The standard InChI is InChI=1S/C24H27N3O4/c28-22(21-9-17-3-1-2-4-18(17)11-25-21)12-26-23(29)15-5-7-16(8-6-15)24(30)27-13-20-10-19(27)14-31-20/h1-8,19-22,25,28H,9-14H2,(H,26,29). The Bertz CT molecular complexity index is 977. The van der Waals surface area contributed by atoms with Crippen molar-refractivity contribution in [1.82, 2.24) is 15.5 Å². The summed E-state index contributed by atoms with van der Waals surface area (Å²) >= 11 is 0. The van der Waals surface area contributed by atoms with Crippen molar-refractivity contribution in [3.8, 4) is 0 Å². The van der Waals surface area contributed by atoms with Crippen molar-refractivity contribution in [2.45, 2.75) is 43.7 Å². The highest BCUT2D eigenvalue weighted by Crippen LogP contribution is 2.29.